The van der Waals surface area contributed by atoms with Crippen molar-refractivity contribution in [2.75, 3.05) is 26.4 Å². The van der Waals surface area contributed by atoms with Crippen molar-refractivity contribution >= 4 is 24.2 Å². The number of nitrogens with zero attached hydrogens (tertiary/aromatic N) is 4. The maximum atomic E-state index is 13.9. The molecule has 0 spiro atoms. The van der Waals surface area contributed by atoms with E-state index >= 15 is 0 Å². The molecule has 0 aliphatic heterocycles. The van der Waals surface area contributed by atoms with Crippen molar-refractivity contribution in [2.45, 2.75) is 66.5 Å². The lowest BCUT2D eigenvalue weighted by Gasteiger charge is -2.19. The third-order valence-electron chi connectivity index (χ3n) is 13.1. The summed E-state index contributed by atoms with van der Waals surface area (Å²) in [5, 5.41) is 0. The molecule has 6 aromatic carbocycles. The Morgan fingerprint density at radius 1 is 0.390 bits per heavy atom. The van der Waals surface area contributed by atoms with Gasteiger partial charge < -0.3 is 28.4 Å². The summed E-state index contributed by atoms with van der Waals surface area (Å²) in [4.78, 5) is 105. The van der Waals surface area contributed by atoms with Gasteiger partial charge in [0.2, 0.25) is 11.8 Å². The molecule has 0 radical (unpaired) electrons. The molecular weight excluding hydrogens is 1050 g/mol. The van der Waals surface area contributed by atoms with Crippen molar-refractivity contribution in [3.05, 3.63) is 257 Å². The van der Waals surface area contributed by atoms with Crippen molar-refractivity contribution in [3.63, 3.8) is 0 Å². The molecule has 8 aromatic rings. The molecule has 8 rings (SSSR count). The third kappa shape index (κ3) is 16.1. The number of carbonyl (C=O) groups is 4. The molecule has 82 heavy (non-hydrogen) atoms. The highest BCUT2D eigenvalue weighted by atomic mass is 16.7. The molecule has 2 unspecified atom stereocenters. The summed E-state index contributed by atoms with van der Waals surface area (Å²) in [6.07, 6.45) is -0.828. The fourth-order valence-corrected chi connectivity index (χ4v) is 8.28. The van der Waals surface area contributed by atoms with Gasteiger partial charge in [-0.1, -0.05) is 185 Å². The van der Waals surface area contributed by atoms with E-state index in [-0.39, 0.29) is 87.1 Å². The lowest BCUT2D eigenvalue weighted by molar-refractivity contribution is -0.149. The van der Waals surface area contributed by atoms with Crippen molar-refractivity contribution in [3.8, 4) is 23.1 Å². The molecule has 2 aromatic heterocycles. The van der Waals surface area contributed by atoms with Crippen LogP contribution in [0.5, 0.6) is 11.8 Å². The van der Waals surface area contributed by atoms with E-state index in [9.17, 15) is 38.4 Å². The predicted octanol–water partition coefficient (Wildman–Crippen LogP) is 9.49. The highest BCUT2D eigenvalue weighted by Crippen LogP contribution is 2.24. The maximum absolute atomic E-state index is 13.9. The van der Waals surface area contributed by atoms with Crippen molar-refractivity contribution < 1.29 is 47.6 Å². The Morgan fingerprint density at radius 3 is 1.13 bits per heavy atom. The minimum absolute atomic E-state index is 0.0272. The van der Waals surface area contributed by atoms with Crippen LogP contribution in [0.1, 0.15) is 73.9 Å². The lowest BCUT2D eigenvalue weighted by Crippen LogP contribution is -2.42. The van der Waals surface area contributed by atoms with Crippen LogP contribution in [0.15, 0.2) is 201 Å². The second-order valence-electron chi connectivity index (χ2n) is 18.9. The molecule has 0 N–H and O–H groups in total. The molecule has 0 saturated carbocycles. The second kappa shape index (κ2) is 29.9. The molecule has 424 valence electrons. The Morgan fingerprint density at radius 2 is 0.720 bits per heavy atom. The highest BCUT2D eigenvalue weighted by molar-refractivity contribution is 5.72. The number of para-hydroxylation sites is 2. The predicted molar refractivity (Wildman–Crippen MR) is 307 cm³/mol. The van der Waals surface area contributed by atoms with Crippen LogP contribution in [-0.2, 0) is 54.5 Å². The fourth-order valence-electron chi connectivity index (χ4n) is 8.28. The smallest absolute Gasteiger partial charge is 0.462 e. The van der Waals surface area contributed by atoms with E-state index in [0.29, 0.717) is 24.2 Å². The van der Waals surface area contributed by atoms with Crippen molar-refractivity contribution in [1.82, 2.24) is 18.3 Å². The van der Waals surface area contributed by atoms with Gasteiger partial charge in [0.05, 0.1) is 47.4 Å². The van der Waals surface area contributed by atoms with Gasteiger partial charge in [-0.25, -0.2) is 28.3 Å². The standard InChI is InChI=1S/2C32H32N2O7/c1-3-23(2)30(36)39-19-20-40-32(38)41-29-27(21-24-13-7-4-8-14-24)28(35)34(26-17-11-6-12-18-26)31(37)33(29)22-25-15-9-5-10-16-25;1-3-23(2)30(36)39-19-20-40-32(38)41-29-27(21-24-13-7-4-8-14-24)28(35)33(22-25-15-9-5-10-16-25)31(37)34(29)26-17-11-6-12-18-26/h2*4-18,23H,3,19-22H2,1-2H3. The summed E-state index contributed by atoms with van der Waals surface area (Å²) in [5.74, 6) is -1.77. The van der Waals surface area contributed by atoms with Gasteiger partial charge in [0, 0.05) is 12.8 Å². The largest absolute Gasteiger partial charge is 0.515 e. The number of benzene rings is 6. The molecule has 0 fully saturated rings. The van der Waals surface area contributed by atoms with Gasteiger partial charge in [0.1, 0.15) is 26.4 Å². The molecule has 0 bridgehead atoms. The number of hydrogen-bond acceptors (Lipinski definition) is 14. The normalized spacial score (nSPS) is 11.5. The van der Waals surface area contributed by atoms with E-state index in [1.807, 2.05) is 135 Å². The van der Waals surface area contributed by atoms with Gasteiger partial charge in [-0.05, 0) is 59.4 Å². The van der Waals surface area contributed by atoms with Gasteiger partial charge in [-0.3, -0.25) is 28.3 Å². The number of carbonyl (C=O) groups excluding carboxylic acids is 4. The SMILES string of the molecule is CCC(C)C(=O)OCCOC(=O)Oc1c(Cc2ccccc2)c(=O)n(-c2ccccc2)c(=O)n1Cc1ccccc1.CCC(C)C(=O)OCCOC(=O)Oc1c(Cc2ccccc2)c(=O)n(Cc2ccccc2)c(=O)n1-c1ccccc1. The summed E-state index contributed by atoms with van der Waals surface area (Å²) < 4.78 is 36.4. The molecule has 0 aliphatic rings. The van der Waals surface area contributed by atoms with E-state index in [0.717, 1.165) is 31.4 Å². The van der Waals surface area contributed by atoms with Crippen molar-refractivity contribution in [1.29, 1.82) is 0 Å². The van der Waals surface area contributed by atoms with Crippen LogP contribution in [0.4, 0.5) is 9.59 Å². The highest BCUT2D eigenvalue weighted by Gasteiger charge is 2.27. The average molecular weight is 1110 g/mol. The number of aromatic nitrogens is 4. The number of rotatable bonds is 22. The zero-order chi connectivity index (χ0) is 58.4. The van der Waals surface area contributed by atoms with Gasteiger partial charge >= 0.3 is 35.6 Å². The van der Waals surface area contributed by atoms with Crippen LogP contribution in [0.3, 0.4) is 0 Å². The van der Waals surface area contributed by atoms with Crippen LogP contribution in [0.2, 0.25) is 0 Å². The molecular formula is C64H64N4O14. The van der Waals surface area contributed by atoms with E-state index in [2.05, 4.69) is 0 Å². The van der Waals surface area contributed by atoms with E-state index in [1.165, 1.54) is 9.13 Å². The molecule has 18 nitrogen and oxygen atoms in total. The van der Waals surface area contributed by atoms with E-state index < -0.39 is 46.7 Å². The Labute approximate surface area is 473 Å². The van der Waals surface area contributed by atoms with Gasteiger partial charge in [-0.15, -0.1) is 0 Å². The number of hydrogen-bond donors (Lipinski definition) is 0. The monoisotopic (exact) mass is 1110 g/mol. The van der Waals surface area contributed by atoms with E-state index in [4.69, 9.17) is 28.4 Å². The summed E-state index contributed by atoms with van der Waals surface area (Å²) >= 11 is 0. The van der Waals surface area contributed by atoms with Crippen LogP contribution >= 0.6 is 0 Å². The van der Waals surface area contributed by atoms with Crippen LogP contribution in [0.25, 0.3) is 11.4 Å². The van der Waals surface area contributed by atoms with Crippen molar-refractivity contribution in [2.24, 2.45) is 11.8 Å². The fraction of sp³-hybridized carbons (Fsp3) is 0.250. The second-order valence-corrected chi connectivity index (χ2v) is 18.9. The first-order valence-electron chi connectivity index (χ1n) is 26.8. The third-order valence-corrected chi connectivity index (χ3v) is 13.1. The average Bonchev–Trinajstić information content (AvgIpc) is 2.66. The molecule has 2 atom stereocenters. The topological polar surface area (TPSA) is 212 Å². The van der Waals surface area contributed by atoms with Gasteiger partial charge in [0.15, 0.2) is 0 Å². The molecule has 0 amide bonds. The Balaban J connectivity index is 0.000000236. The minimum Gasteiger partial charge on any atom is -0.462 e. The molecule has 0 aliphatic carbocycles. The number of esters is 2. The Hall–Kier alpha value is -9.84. The number of ether oxygens (including phenoxy) is 6. The quantitative estimate of drug-likeness (QED) is 0.0352. The summed E-state index contributed by atoms with van der Waals surface area (Å²) in [7, 11) is 0. The van der Waals surface area contributed by atoms with Crippen LogP contribution in [0, 0.1) is 11.8 Å². The van der Waals surface area contributed by atoms with Crippen LogP contribution in [-0.4, -0.2) is 68.9 Å². The van der Waals surface area contributed by atoms with Gasteiger partial charge in [0.25, 0.3) is 11.1 Å². The Bertz CT molecular complexity index is 3510. The first kappa shape index (κ1) is 59.8. The Kier molecular flexibility index (Phi) is 21.8. The minimum atomic E-state index is -1.14. The maximum Gasteiger partial charge on any atom is 0.515 e. The summed E-state index contributed by atoms with van der Waals surface area (Å²) in [5.41, 5.74) is 1.54. The molecule has 0 saturated heterocycles. The molecule has 18 heteroatoms. The first-order valence-corrected chi connectivity index (χ1v) is 26.8. The lowest BCUT2D eigenvalue weighted by atomic mass is 10.1. The van der Waals surface area contributed by atoms with Gasteiger partial charge in [-0.2, -0.15) is 0 Å². The zero-order valence-corrected chi connectivity index (χ0v) is 46.1. The first-order chi connectivity index (χ1) is 39.8. The summed E-state index contributed by atoms with van der Waals surface area (Å²) in [6.45, 7) is 6.47. The molecule has 2 heterocycles. The zero-order valence-electron chi connectivity index (χ0n) is 46.1. The van der Waals surface area contributed by atoms with Crippen LogP contribution < -0.4 is 32.0 Å². The van der Waals surface area contributed by atoms with E-state index in [1.54, 1.807) is 74.5 Å². The summed E-state index contributed by atoms with van der Waals surface area (Å²) in [6, 6.07) is 53.9.